The molecular formula is C38H40O2. The Morgan fingerprint density at radius 3 is 2.02 bits per heavy atom. The first-order chi connectivity index (χ1) is 19.1. The SMILES string of the molecule is CC(=Cc1ccc(C(=O)Cc2ccc(OCc3ccccc3)cc2)cc1)c1ccc2c(c1)C(C)(C)CCC2(C)C. The molecule has 204 valence electrons. The zero-order chi connectivity index (χ0) is 28.3. The highest BCUT2D eigenvalue weighted by atomic mass is 16.5. The molecule has 0 bridgehead atoms. The van der Waals surface area contributed by atoms with Gasteiger partial charge in [-0.15, -0.1) is 0 Å². The van der Waals surface area contributed by atoms with Crippen molar-refractivity contribution in [3.05, 3.63) is 136 Å². The minimum atomic E-state index is 0.115. The van der Waals surface area contributed by atoms with Crippen LogP contribution in [0, 0.1) is 0 Å². The third-order valence-corrected chi connectivity index (χ3v) is 8.46. The number of rotatable bonds is 8. The summed E-state index contributed by atoms with van der Waals surface area (Å²) in [6.07, 6.45) is 5.02. The molecule has 0 aromatic heterocycles. The van der Waals surface area contributed by atoms with E-state index in [0.29, 0.717) is 13.0 Å². The fourth-order valence-corrected chi connectivity index (χ4v) is 5.66. The maximum absolute atomic E-state index is 13.0. The summed E-state index contributed by atoms with van der Waals surface area (Å²) in [4.78, 5) is 13.0. The van der Waals surface area contributed by atoms with E-state index >= 15 is 0 Å². The molecule has 0 amide bonds. The quantitative estimate of drug-likeness (QED) is 0.168. The third kappa shape index (κ3) is 6.28. The molecule has 0 fully saturated rings. The summed E-state index contributed by atoms with van der Waals surface area (Å²) in [6, 6.07) is 32.9. The number of fused-ring (bicyclic) bond motifs is 1. The molecule has 4 aromatic carbocycles. The Balaban J connectivity index is 1.23. The van der Waals surface area contributed by atoms with Crippen molar-refractivity contribution in [1.29, 1.82) is 0 Å². The van der Waals surface area contributed by atoms with E-state index in [2.05, 4.69) is 58.9 Å². The fourth-order valence-electron chi connectivity index (χ4n) is 5.66. The first-order valence-corrected chi connectivity index (χ1v) is 14.3. The van der Waals surface area contributed by atoms with Crippen molar-refractivity contribution in [2.24, 2.45) is 0 Å². The number of ether oxygens (including phenoxy) is 1. The van der Waals surface area contributed by atoms with Gasteiger partial charge in [-0.25, -0.2) is 0 Å². The minimum Gasteiger partial charge on any atom is -0.489 e. The summed E-state index contributed by atoms with van der Waals surface area (Å²) < 4.78 is 5.87. The first kappa shape index (κ1) is 27.6. The standard InChI is InChI=1S/C38H40O2/c1-27(32-17-20-34-35(25-32)38(4,5)22-21-37(34,2)3)23-28-11-15-31(16-12-28)36(39)24-29-13-18-33(19-14-29)40-26-30-9-7-6-8-10-30/h6-20,23,25H,21-22,24,26H2,1-5H3. The van der Waals surface area contributed by atoms with Crippen molar-refractivity contribution in [2.45, 2.75) is 71.3 Å². The van der Waals surface area contributed by atoms with Gasteiger partial charge in [0, 0.05) is 12.0 Å². The number of ketones is 1. The summed E-state index contributed by atoms with van der Waals surface area (Å²) in [5.74, 6) is 0.919. The molecule has 0 radical (unpaired) electrons. The van der Waals surface area contributed by atoms with Crippen molar-refractivity contribution in [2.75, 3.05) is 0 Å². The Bertz CT molecular complexity index is 1500. The van der Waals surface area contributed by atoms with Crippen LogP contribution in [-0.4, -0.2) is 5.78 Å². The lowest BCUT2D eigenvalue weighted by Crippen LogP contribution is -2.33. The van der Waals surface area contributed by atoms with Gasteiger partial charge in [-0.2, -0.15) is 0 Å². The van der Waals surface area contributed by atoms with E-state index in [1.165, 1.54) is 35.1 Å². The van der Waals surface area contributed by atoms with Crippen LogP contribution in [0.25, 0.3) is 11.6 Å². The summed E-state index contributed by atoms with van der Waals surface area (Å²) in [5.41, 5.74) is 9.82. The predicted octanol–water partition coefficient (Wildman–Crippen LogP) is 9.60. The molecule has 0 unspecified atom stereocenters. The number of carbonyl (C=O) groups excluding carboxylic acids is 1. The maximum Gasteiger partial charge on any atom is 0.167 e. The summed E-state index contributed by atoms with van der Waals surface area (Å²) >= 11 is 0. The maximum atomic E-state index is 13.0. The molecule has 0 spiro atoms. The largest absolute Gasteiger partial charge is 0.489 e. The Morgan fingerprint density at radius 1 is 0.725 bits per heavy atom. The van der Waals surface area contributed by atoms with E-state index in [1.807, 2.05) is 78.9 Å². The normalized spacial score (nSPS) is 15.8. The zero-order valence-corrected chi connectivity index (χ0v) is 24.5. The van der Waals surface area contributed by atoms with Crippen LogP contribution >= 0.6 is 0 Å². The van der Waals surface area contributed by atoms with Crippen LogP contribution in [0.4, 0.5) is 0 Å². The molecule has 0 atom stereocenters. The molecule has 0 heterocycles. The number of benzene rings is 4. The van der Waals surface area contributed by atoms with Gasteiger partial charge in [0.05, 0.1) is 0 Å². The Hall–Kier alpha value is -3.91. The zero-order valence-electron chi connectivity index (χ0n) is 24.5. The van der Waals surface area contributed by atoms with Crippen LogP contribution in [0.5, 0.6) is 5.75 Å². The molecular weight excluding hydrogens is 488 g/mol. The molecule has 2 heteroatoms. The second-order valence-corrected chi connectivity index (χ2v) is 12.5. The van der Waals surface area contributed by atoms with Crippen LogP contribution < -0.4 is 4.74 Å². The average molecular weight is 529 g/mol. The van der Waals surface area contributed by atoms with Crippen LogP contribution in [0.3, 0.4) is 0 Å². The van der Waals surface area contributed by atoms with Crippen molar-refractivity contribution >= 4 is 17.4 Å². The van der Waals surface area contributed by atoms with Gasteiger partial charge in [-0.1, -0.05) is 119 Å². The van der Waals surface area contributed by atoms with Gasteiger partial charge in [0.1, 0.15) is 12.4 Å². The fraction of sp³-hybridized carbons (Fsp3) is 0.289. The lowest BCUT2D eigenvalue weighted by Gasteiger charge is -2.42. The van der Waals surface area contributed by atoms with Crippen molar-refractivity contribution in [3.8, 4) is 5.75 Å². The van der Waals surface area contributed by atoms with Crippen LogP contribution in [-0.2, 0) is 23.9 Å². The van der Waals surface area contributed by atoms with Crippen LogP contribution in [0.1, 0.15) is 91.2 Å². The van der Waals surface area contributed by atoms with E-state index < -0.39 is 0 Å². The summed E-state index contributed by atoms with van der Waals surface area (Å²) in [7, 11) is 0. The van der Waals surface area contributed by atoms with Gasteiger partial charge in [-0.05, 0) is 81.7 Å². The molecule has 1 aliphatic rings. The van der Waals surface area contributed by atoms with Crippen molar-refractivity contribution in [3.63, 3.8) is 0 Å². The Kier molecular flexibility index (Phi) is 7.81. The molecule has 5 rings (SSSR count). The first-order valence-electron chi connectivity index (χ1n) is 14.3. The molecule has 1 aliphatic carbocycles. The highest BCUT2D eigenvalue weighted by Crippen LogP contribution is 2.46. The van der Waals surface area contributed by atoms with Crippen molar-refractivity contribution < 1.29 is 9.53 Å². The van der Waals surface area contributed by atoms with Gasteiger partial charge >= 0.3 is 0 Å². The van der Waals surface area contributed by atoms with Gasteiger partial charge in [0.25, 0.3) is 0 Å². The topological polar surface area (TPSA) is 26.3 Å². The minimum absolute atomic E-state index is 0.115. The van der Waals surface area contributed by atoms with Gasteiger partial charge in [0.15, 0.2) is 5.78 Å². The number of carbonyl (C=O) groups is 1. The van der Waals surface area contributed by atoms with E-state index in [9.17, 15) is 4.79 Å². The molecule has 40 heavy (non-hydrogen) atoms. The van der Waals surface area contributed by atoms with Crippen LogP contribution in [0.2, 0.25) is 0 Å². The van der Waals surface area contributed by atoms with Gasteiger partial charge in [0.2, 0.25) is 0 Å². The van der Waals surface area contributed by atoms with Gasteiger partial charge < -0.3 is 4.74 Å². The number of hydrogen-bond donors (Lipinski definition) is 0. The lowest BCUT2D eigenvalue weighted by atomic mass is 9.63. The summed E-state index contributed by atoms with van der Waals surface area (Å²) in [6.45, 7) is 12.2. The highest BCUT2D eigenvalue weighted by Gasteiger charge is 2.36. The number of Topliss-reactive ketones (excluding diaryl/α,β-unsaturated/α-hetero) is 1. The molecule has 0 aliphatic heterocycles. The van der Waals surface area contributed by atoms with Crippen LogP contribution in [0.15, 0.2) is 97.1 Å². The smallest absolute Gasteiger partial charge is 0.167 e. The Labute approximate surface area is 239 Å². The Morgan fingerprint density at radius 2 is 1.35 bits per heavy atom. The average Bonchev–Trinajstić information content (AvgIpc) is 2.96. The molecule has 0 N–H and O–H groups in total. The van der Waals surface area contributed by atoms with Gasteiger partial charge in [-0.3, -0.25) is 4.79 Å². The molecule has 4 aromatic rings. The molecule has 0 saturated heterocycles. The molecule has 2 nitrogen and oxygen atoms in total. The monoisotopic (exact) mass is 528 g/mol. The lowest BCUT2D eigenvalue weighted by molar-refractivity contribution is 0.0993. The van der Waals surface area contributed by atoms with E-state index in [-0.39, 0.29) is 16.6 Å². The van der Waals surface area contributed by atoms with Crippen molar-refractivity contribution in [1.82, 2.24) is 0 Å². The number of allylic oxidation sites excluding steroid dienone is 1. The predicted molar refractivity (Wildman–Crippen MR) is 167 cm³/mol. The van der Waals surface area contributed by atoms with E-state index in [4.69, 9.17) is 4.74 Å². The second-order valence-electron chi connectivity index (χ2n) is 12.5. The molecule has 0 saturated carbocycles. The van der Waals surface area contributed by atoms with E-state index in [1.54, 1.807) is 0 Å². The second kappa shape index (κ2) is 11.3. The highest BCUT2D eigenvalue weighted by molar-refractivity contribution is 5.97. The number of hydrogen-bond acceptors (Lipinski definition) is 2. The third-order valence-electron chi connectivity index (χ3n) is 8.46. The summed E-state index contributed by atoms with van der Waals surface area (Å²) in [5, 5.41) is 0. The van der Waals surface area contributed by atoms with E-state index in [0.717, 1.165) is 28.0 Å².